The third-order valence-corrected chi connectivity index (χ3v) is 13.5. The summed E-state index contributed by atoms with van der Waals surface area (Å²) in [7, 11) is -11.4. The van der Waals surface area contributed by atoms with Crippen LogP contribution in [0.4, 0.5) is 0 Å². The summed E-state index contributed by atoms with van der Waals surface area (Å²) >= 11 is 0. The monoisotopic (exact) mass is 1010 g/mol. The van der Waals surface area contributed by atoms with Crippen molar-refractivity contribution in [1.82, 2.24) is 0 Å². The number of phosphoric ester groups is 2. The third kappa shape index (κ3) is 25.8. The van der Waals surface area contributed by atoms with Crippen molar-refractivity contribution in [2.45, 2.75) is 210 Å². The number of esters is 2. The maximum absolute atomic E-state index is 13.7. The molecule has 0 spiro atoms. The van der Waals surface area contributed by atoms with Gasteiger partial charge in [0.2, 0.25) is 0 Å². The second-order valence-corrected chi connectivity index (χ2v) is 20.4. The Balaban J connectivity index is 2.26. The third-order valence-electron chi connectivity index (χ3n) is 12.0. The topological polar surface area (TPSA) is 317 Å². The number of rotatable bonds is 25. The molecule has 68 heavy (non-hydrogen) atoms. The number of allylic oxidation sites excluding steroid dienone is 5. The van der Waals surface area contributed by atoms with Gasteiger partial charge in [-0.1, -0.05) is 127 Å². The predicted octanol–water partition coefficient (Wildman–Crippen LogP) is 5.66. The molecule has 1 saturated carbocycles. The molecule has 0 aromatic rings. The van der Waals surface area contributed by atoms with E-state index >= 15 is 0 Å². The van der Waals surface area contributed by atoms with E-state index in [9.17, 15) is 69.1 Å². The van der Waals surface area contributed by atoms with Crippen molar-refractivity contribution in [2.75, 3.05) is 13.2 Å². The Morgan fingerprint density at radius 2 is 1.43 bits per heavy atom. The van der Waals surface area contributed by atoms with Crippen molar-refractivity contribution >= 4 is 27.6 Å². The Morgan fingerprint density at radius 3 is 2.07 bits per heavy atom. The van der Waals surface area contributed by atoms with E-state index in [-0.39, 0.29) is 25.7 Å². The van der Waals surface area contributed by atoms with E-state index in [2.05, 4.69) is 31.2 Å². The molecule has 13 atom stereocenters. The zero-order chi connectivity index (χ0) is 50.5. The summed E-state index contributed by atoms with van der Waals surface area (Å²) in [6.45, 7) is 2.50. The van der Waals surface area contributed by atoms with Crippen molar-refractivity contribution < 1.29 is 92.2 Å². The van der Waals surface area contributed by atoms with Gasteiger partial charge in [-0.15, -0.1) is 0 Å². The largest absolute Gasteiger partial charge is 0.472 e. The van der Waals surface area contributed by atoms with Gasteiger partial charge in [-0.25, -0.2) is 9.13 Å². The van der Waals surface area contributed by atoms with Crippen molar-refractivity contribution in [2.24, 2.45) is 11.8 Å². The summed E-state index contributed by atoms with van der Waals surface area (Å²) in [6, 6.07) is 0. The van der Waals surface area contributed by atoms with Crippen molar-refractivity contribution in [3.05, 3.63) is 48.6 Å². The fraction of sp³-hybridized carbons (Fsp3) is 0.787. The number of aliphatic hydroxyl groups is 7. The Labute approximate surface area is 402 Å². The molecule has 2 rings (SSSR count). The van der Waals surface area contributed by atoms with Crippen LogP contribution in [0.3, 0.4) is 0 Å². The molecule has 1 aliphatic heterocycles. The van der Waals surface area contributed by atoms with Crippen LogP contribution in [0.25, 0.3) is 0 Å². The van der Waals surface area contributed by atoms with Gasteiger partial charge in [0, 0.05) is 24.7 Å². The lowest BCUT2D eigenvalue weighted by Gasteiger charge is -2.38. The van der Waals surface area contributed by atoms with Crippen molar-refractivity contribution in [3.8, 4) is 0 Å². The average Bonchev–Trinajstić information content (AvgIpc) is 3.28. The zero-order valence-corrected chi connectivity index (χ0v) is 41.6. The minimum Gasteiger partial charge on any atom is -0.461 e. The van der Waals surface area contributed by atoms with E-state index in [1.165, 1.54) is 37.5 Å². The molecule has 1 aliphatic carbocycles. The van der Waals surface area contributed by atoms with Crippen LogP contribution in [0.2, 0.25) is 0 Å². The maximum Gasteiger partial charge on any atom is 0.472 e. The van der Waals surface area contributed by atoms with Crippen LogP contribution >= 0.6 is 15.6 Å². The smallest absolute Gasteiger partial charge is 0.461 e. The highest BCUT2D eigenvalue weighted by atomic mass is 31.2. The number of hydrogen-bond acceptors (Lipinski definition) is 16. The standard InChI is InChI=1S/C47H82O19P2/c1-3-5-7-8-9-10-11-12-13-14-15-16-17-18-19-20-22-28-41(52)64-35-32-62-40(51)27-24-23-26-36-38(49)31-39(50)37(30-29-34(48)25-21-6-4-2)43(54)46(65-67(57,58)59)47(45(56)44(55)42(36)53)66-68(60,61)63-33-35/h9-10,12-13,23-24,29-30,34-39,42-50,53-56H,3-8,11,14-22,25-28,31-33H2,1-2H3,(H,60,61)(H2,57,58,59)/b10-9-,13-12-,24-23-,30-29+/t34-,35-,36-,37+,38+,39-,42-,43-,44+,45-,46-,47+/m1/s1. The molecule has 1 fully saturated rings. The number of ether oxygens (including phenoxy) is 2. The first kappa shape index (κ1) is 62.0. The summed E-state index contributed by atoms with van der Waals surface area (Å²) in [4.78, 5) is 56.6. The molecule has 0 aromatic carbocycles. The van der Waals surface area contributed by atoms with Gasteiger partial charge in [-0.05, 0) is 51.4 Å². The highest BCUT2D eigenvalue weighted by Gasteiger charge is 2.51. The Morgan fingerprint density at radius 1 is 0.809 bits per heavy atom. The van der Waals surface area contributed by atoms with Gasteiger partial charge in [-0.2, -0.15) is 0 Å². The van der Waals surface area contributed by atoms with E-state index in [1.54, 1.807) is 0 Å². The number of phosphoric acid groups is 2. The van der Waals surface area contributed by atoms with E-state index in [1.807, 2.05) is 6.92 Å². The number of carbonyl (C=O) groups excluding carboxylic acids is 2. The number of carbonyl (C=O) groups is 2. The van der Waals surface area contributed by atoms with E-state index in [4.69, 9.17) is 23.0 Å². The first-order valence-corrected chi connectivity index (χ1v) is 27.5. The number of cyclic esters (lactones) is 1. The summed E-state index contributed by atoms with van der Waals surface area (Å²) in [5.41, 5.74) is 0. The molecule has 0 amide bonds. The molecule has 394 valence electrons. The number of fused-ring (bicyclic) bond motifs is 4. The fourth-order valence-corrected chi connectivity index (χ4v) is 9.55. The minimum absolute atomic E-state index is 0.0453. The molecule has 1 heterocycles. The number of hydrogen-bond donors (Lipinski definition) is 10. The van der Waals surface area contributed by atoms with Gasteiger partial charge in [0.05, 0.1) is 43.5 Å². The molecule has 2 bridgehead atoms. The average molecular weight is 1010 g/mol. The number of aliphatic hydroxyl groups excluding tert-OH is 7. The predicted molar refractivity (Wildman–Crippen MR) is 252 cm³/mol. The summed E-state index contributed by atoms with van der Waals surface area (Å²) in [5, 5.41) is 79.4. The quantitative estimate of drug-likeness (QED) is 0.0228. The Hall–Kier alpha value is -2.16. The van der Waals surface area contributed by atoms with Crippen molar-refractivity contribution in [1.29, 1.82) is 0 Å². The van der Waals surface area contributed by atoms with Crippen LogP contribution in [-0.4, -0.2) is 137 Å². The summed E-state index contributed by atoms with van der Waals surface area (Å²) < 4.78 is 51.9. The van der Waals surface area contributed by atoms with Gasteiger partial charge >= 0.3 is 27.6 Å². The maximum atomic E-state index is 13.7. The minimum atomic E-state index is -5.76. The van der Waals surface area contributed by atoms with Gasteiger partial charge < -0.3 is 59.9 Å². The molecule has 2 aliphatic rings. The highest BCUT2D eigenvalue weighted by Crippen LogP contribution is 2.50. The highest BCUT2D eigenvalue weighted by molar-refractivity contribution is 7.47. The first-order chi connectivity index (χ1) is 32.3. The molecule has 21 heteroatoms. The van der Waals surface area contributed by atoms with Crippen LogP contribution in [0.15, 0.2) is 48.6 Å². The molecule has 0 saturated heterocycles. The Bertz CT molecular complexity index is 1620. The molecule has 1 unspecified atom stereocenters. The lowest BCUT2D eigenvalue weighted by Crippen LogP contribution is -2.56. The first-order valence-electron chi connectivity index (χ1n) is 24.4. The second kappa shape index (κ2) is 34.2. The van der Waals surface area contributed by atoms with Gasteiger partial charge in [-0.3, -0.25) is 23.2 Å². The van der Waals surface area contributed by atoms with Crippen LogP contribution < -0.4 is 0 Å². The van der Waals surface area contributed by atoms with Gasteiger partial charge in [0.15, 0.2) is 6.10 Å². The summed E-state index contributed by atoms with van der Waals surface area (Å²) in [6.07, 6.45) is 6.68. The molecular formula is C47H82O19P2. The molecule has 0 radical (unpaired) electrons. The van der Waals surface area contributed by atoms with E-state index < -0.39 is 120 Å². The second-order valence-electron chi connectivity index (χ2n) is 17.8. The van der Waals surface area contributed by atoms with Crippen LogP contribution in [0.5, 0.6) is 0 Å². The normalized spacial score (nSPS) is 31.8. The van der Waals surface area contributed by atoms with Gasteiger partial charge in [0.25, 0.3) is 0 Å². The zero-order valence-electron chi connectivity index (χ0n) is 39.9. The van der Waals surface area contributed by atoms with Crippen LogP contribution in [0.1, 0.15) is 149 Å². The lowest BCUT2D eigenvalue weighted by molar-refractivity contribution is -0.165. The van der Waals surface area contributed by atoms with E-state index in [0.29, 0.717) is 12.8 Å². The SMILES string of the molecule is CCCCC/C=C\C/C=C\CCCCCCCCCC(=O)O[C@@H]1COC(=O)C/C=C\C[C@H]2[C@@H](O)[C@H](O)[C@@H](O)[C@H](OP(=O)(O)OC1)[C@H](OP(=O)(O)O)[C@H](O)[C@@H](/C=C/[C@H](O)CCCCC)[C@H](O)C[C@@H]2O. The van der Waals surface area contributed by atoms with Crippen LogP contribution in [0, 0.1) is 11.8 Å². The summed E-state index contributed by atoms with van der Waals surface area (Å²) in [5.74, 6) is -4.77. The van der Waals surface area contributed by atoms with Crippen molar-refractivity contribution in [3.63, 3.8) is 0 Å². The number of unbranched alkanes of at least 4 members (excludes halogenated alkanes) is 12. The van der Waals surface area contributed by atoms with Crippen LogP contribution in [-0.2, 0) is 41.8 Å². The van der Waals surface area contributed by atoms with E-state index in [0.717, 1.165) is 76.7 Å². The fourth-order valence-electron chi connectivity index (χ4n) is 8.02. The molecule has 0 aromatic heterocycles. The molecular weight excluding hydrogens is 930 g/mol. The molecule has 10 N–H and O–H groups in total. The van der Waals surface area contributed by atoms with Gasteiger partial charge in [0.1, 0.15) is 31.0 Å². The Kier molecular flexibility index (Phi) is 31.2. The lowest BCUT2D eigenvalue weighted by atomic mass is 9.83. The molecule has 19 nitrogen and oxygen atoms in total.